The number of fused-ring (bicyclic) bond motifs is 1. The van der Waals surface area contributed by atoms with Gasteiger partial charge in [0.15, 0.2) is 0 Å². The average molecular weight is 461 g/mol. The van der Waals surface area contributed by atoms with Crippen molar-refractivity contribution in [1.82, 2.24) is 5.32 Å². The predicted octanol–water partition coefficient (Wildman–Crippen LogP) is 5.53. The Bertz CT molecular complexity index is 1260. The van der Waals surface area contributed by atoms with Crippen LogP contribution in [0, 0.1) is 11.3 Å². The summed E-state index contributed by atoms with van der Waals surface area (Å²) >= 11 is 0. The zero-order valence-electron chi connectivity index (χ0n) is 18.3. The standard InChI is InChI=1S/C27H22F3N3O/c1-2-26(34)32-22-15-24-20(14-18-5-3-6-19(13-18)16-31)7-4-8-25(24)33(17-22)23-11-9-21(10-12-23)27(28,29)30/h2-13,22H,1,14-15,17H2,(H,32,34). The van der Waals surface area contributed by atoms with Crippen molar-refractivity contribution in [2.24, 2.45) is 0 Å². The van der Waals surface area contributed by atoms with Gasteiger partial charge >= 0.3 is 6.18 Å². The zero-order valence-corrected chi connectivity index (χ0v) is 18.3. The fourth-order valence-electron chi connectivity index (χ4n) is 4.31. The van der Waals surface area contributed by atoms with Crippen LogP contribution in [0.5, 0.6) is 0 Å². The molecule has 1 unspecified atom stereocenters. The smallest absolute Gasteiger partial charge is 0.348 e. The Balaban J connectivity index is 1.74. The van der Waals surface area contributed by atoms with E-state index in [1.807, 2.05) is 41.3 Å². The number of nitrogens with zero attached hydrogens (tertiary/aromatic N) is 2. The second-order valence-electron chi connectivity index (χ2n) is 8.17. The summed E-state index contributed by atoms with van der Waals surface area (Å²) in [6, 6.07) is 20.2. The quantitative estimate of drug-likeness (QED) is 0.508. The highest BCUT2D eigenvalue weighted by Crippen LogP contribution is 2.38. The van der Waals surface area contributed by atoms with E-state index in [2.05, 4.69) is 18.0 Å². The molecule has 1 N–H and O–H groups in total. The number of hydrogen-bond acceptors (Lipinski definition) is 3. The Hall–Kier alpha value is -4.05. The number of rotatable bonds is 5. The minimum absolute atomic E-state index is 0.258. The van der Waals surface area contributed by atoms with Crippen molar-refractivity contribution < 1.29 is 18.0 Å². The summed E-state index contributed by atoms with van der Waals surface area (Å²) in [7, 11) is 0. The number of halogens is 3. The van der Waals surface area contributed by atoms with Crippen LogP contribution in [0.1, 0.15) is 27.8 Å². The lowest BCUT2D eigenvalue weighted by Gasteiger charge is -2.37. The number of amides is 1. The molecule has 0 radical (unpaired) electrons. The van der Waals surface area contributed by atoms with Crippen molar-refractivity contribution in [2.75, 3.05) is 11.4 Å². The lowest BCUT2D eigenvalue weighted by Crippen LogP contribution is -2.46. The maximum Gasteiger partial charge on any atom is 0.416 e. The fraction of sp³-hybridized carbons (Fsp3) is 0.185. The van der Waals surface area contributed by atoms with E-state index in [9.17, 15) is 23.2 Å². The summed E-state index contributed by atoms with van der Waals surface area (Å²) in [5.41, 5.74) is 4.37. The average Bonchev–Trinajstić information content (AvgIpc) is 2.83. The number of carbonyl (C=O) groups excluding carboxylic acids is 1. The summed E-state index contributed by atoms with van der Waals surface area (Å²) in [5, 5.41) is 12.1. The fourth-order valence-corrected chi connectivity index (χ4v) is 4.31. The first-order valence-electron chi connectivity index (χ1n) is 10.8. The van der Waals surface area contributed by atoms with E-state index in [1.54, 1.807) is 6.07 Å². The number of nitrogens with one attached hydrogen (secondary N) is 1. The van der Waals surface area contributed by atoms with Crippen LogP contribution in [-0.2, 0) is 23.8 Å². The first-order chi connectivity index (χ1) is 16.3. The Morgan fingerprint density at radius 1 is 1.15 bits per heavy atom. The van der Waals surface area contributed by atoms with Crippen LogP contribution < -0.4 is 10.2 Å². The summed E-state index contributed by atoms with van der Waals surface area (Å²) in [4.78, 5) is 14.0. The molecule has 4 rings (SSSR count). The molecule has 1 amide bonds. The van der Waals surface area contributed by atoms with Gasteiger partial charge in [0.1, 0.15) is 0 Å². The van der Waals surface area contributed by atoms with Gasteiger partial charge in [-0.15, -0.1) is 0 Å². The van der Waals surface area contributed by atoms with Crippen LogP contribution in [0.3, 0.4) is 0 Å². The van der Waals surface area contributed by atoms with Crippen LogP contribution in [-0.4, -0.2) is 18.5 Å². The molecule has 0 spiro atoms. The first kappa shape index (κ1) is 23.1. The first-order valence-corrected chi connectivity index (χ1v) is 10.8. The lowest BCUT2D eigenvalue weighted by molar-refractivity contribution is -0.137. The van der Waals surface area contributed by atoms with Gasteiger partial charge in [-0.1, -0.05) is 30.8 Å². The lowest BCUT2D eigenvalue weighted by atomic mass is 9.89. The third-order valence-electron chi connectivity index (χ3n) is 5.88. The molecule has 34 heavy (non-hydrogen) atoms. The van der Waals surface area contributed by atoms with Crippen LogP contribution in [0.4, 0.5) is 24.5 Å². The van der Waals surface area contributed by atoms with Crippen LogP contribution in [0.15, 0.2) is 79.4 Å². The summed E-state index contributed by atoms with van der Waals surface area (Å²) in [5.74, 6) is -0.306. The van der Waals surface area contributed by atoms with Gasteiger partial charge in [0.2, 0.25) is 5.91 Å². The van der Waals surface area contributed by atoms with E-state index in [-0.39, 0.29) is 11.9 Å². The molecule has 172 valence electrons. The van der Waals surface area contributed by atoms with Gasteiger partial charge in [0.25, 0.3) is 0 Å². The molecule has 0 fully saturated rings. The van der Waals surface area contributed by atoms with Crippen molar-refractivity contribution in [3.63, 3.8) is 0 Å². The molecule has 1 aliphatic heterocycles. The molecule has 1 heterocycles. The van der Waals surface area contributed by atoms with Gasteiger partial charge in [-0.3, -0.25) is 4.79 Å². The molecular formula is C27H22F3N3O. The van der Waals surface area contributed by atoms with Gasteiger partial charge in [-0.2, -0.15) is 18.4 Å². The van der Waals surface area contributed by atoms with Crippen molar-refractivity contribution in [1.29, 1.82) is 5.26 Å². The third-order valence-corrected chi connectivity index (χ3v) is 5.88. The van der Waals surface area contributed by atoms with E-state index in [1.165, 1.54) is 18.2 Å². The Kier molecular flexibility index (Phi) is 6.42. The van der Waals surface area contributed by atoms with Gasteiger partial charge in [-0.05, 0) is 78.1 Å². The largest absolute Gasteiger partial charge is 0.416 e. The number of benzene rings is 3. The molecule has 3 aromatic carbocycles. The highest BCUT2D eigenvalue weighted by Gasteiger charge is 2.31. The maximum atomic E-state index is 13.1. The molecular weight excluding hydrogens is 439 g/mol. The molecule has 0 bridgehead atoms. The van der Waals surface area contributed by atoms with E-state index in [0.717, 1.165) is 34.5 Å². The molecule has 0 saturated heterocycles. The van der Waals surface area contributed by atoms with Crippen molar-refractivity contribution in [2.45, 2.75) is 25.1 Å². The number of carbonyl (C=O) groups is 1. The van der Waals surface area contributed by atoms with E-state index >= 15 is 0 Å². The third kappa shape index (κ3) is 4.96. The van der Waals surface area contributed by atoms with E-state index < -0.39 is 11.7 Å². The highest BCUT2D eigenvalue weighted by atomic mass is 19.4. The Morgan fingerprint density at radius 3 is 2.56 bits per heavy atom. The highest BCUT2D eigenvalue weighted by molar-refractivity contribution is 5.87. The summed E-state index contributed by atoms with van der Waals surface area (Å²) < 4.78 is 39.2. The maximum absolute atomic E-state index is 13.1. The molecule has 0 saturated carbocycles. The number of nitriles is 1. The molecule has 0 aliphatic carbocycles. The summed E-state index contributed by atoms with van der Waals surface area (Å²) in [6.07, 6.45) is -2.05. The minimum Gasteiger partial charge on any atom is -0.348 e. The van der Waals surface area contributed by atoms with Gasteiger partial charge < -0.3 is 10.2 Å². The monoisotopic (exact) mass is 461 g/mol. The number of hydrogen-bond donors (Lipinski definition) is 1. The van der Waals surface area contributed by atoms with Gasteiger partial charge in [-0.25, -0.2) is 0 Å². The SMILES string of the molecule is C=CC(=O)NC1Cc2c(Cc3cccc(C#N)c3)cccc2N(c2ccc(C(F)(F)F)cc2)C1. The second-order valence-corrected chi connectivity index (χ2v) is 8.17. The van der Waals surface area contributed by atoms with E-state index in [4.69, 9.17) is 0 Å². The second kappa shape index (κ2) is 9.44. The molecule has 1 atom stereocenters. The molecule has 7 heteroatoms. The Labute approximate surface area is 195 Å². The minimum atomic E-state index is -4.41. The van der Waals surface area contributed by atoms with E-state index in [0.29, 0.717) is 30.6 Å². The summed E-state index contributed by atoms with van der Waals surface area (Å²) in [6.45, 7) is 3.92. The number of alkyl halides is 3. The van der Waals surface area contributed by atoms with Gasteiger partial charge in [0.05, 0.1) is 23.2 Å². The van der Waals surface area contributed by atoms with Crippen molar-refractivity contribution >= 4 is 17.3 Å². The predicted molar refractivity (Wildman–Crippen MR) is 125 cm³/mol. The molecule has 3 aromatic rings. The Morgan fingerprint density at radius 2 is 1.88 bits per heavy atom. The molecule has 1 aliphatic rings. The topological polar surface area (TPSA) is 56.1 Å². The van der Waals surface area contributed by atoms with Crippen LogP contribution >= 0.6 is 0 Å². The van der Waals surface area contributed by atoms with Crippen LogP contribution in [0.25, 0.3) is 0 Å². The number of anilines is 2. The van der Waals surface area contributed by atoms with Gasteiger partial charge in [0, 0.05) is 17.9 Å². The van der Waals surface area contributed by atoms with Crippen LogP contribution in [0.2, 0.25) is 0 Å². The van der Waals surface area contributed by atoms with Crippen molar-refractivity contribution in [3.05, 3.63) is 107 Å². The normalized spacial score (nSPS) is 15.2. The molecule has 0 aromatic heterocycles. The molecule has 4 nitrogen and oxygen atoms in total. The van der Waals surface area contributed by atoms with Crippen molar-refractivity contribution in [3.8, 4) is 6.07 Å². The zero-order chi connectivity index (χ0) is 24.3.